The van der Waals surface area contributed by atoms with Crippen LogP contribution in [0.5, 0.6) is 0 Å². The van der Waals surface area contributed by atoms with Crippen LogP contribution in [0, 0.1) is 0 Å². The standard InChI is InChI=1S/C12H26O4/c1-5-6-7-8-9-10-11-12(2,3)14-16-15-13-4/h5-11H2,1-4H3. The summed E-state index contributed by atoms with van der Waals surface area (Å²) in [6.07, 6.45) is 8.61. The van der Waals surface area contributed by atoms with Crippen LogP contribution in [0.2, 0.25) is 0 Å². The molecule has 0 saturated carbocycles. The van der Waals surface area contributed by atoms with Gasteiger partial charge >= 0.3 is 0 Å². The Hall–Kier alpha value is -0.160. The second-order valence-electron chi connectivity index (χ2n) is 4.66. The van der Waals surface area contributed by atoms with Gasteiger partial charge in [-0.1, -0.05) is 45.4 Å². The number of hydrogen-bond donors (Lipinski definition) is 0. The van der Waals surface area contributed by atoms with Crippen molar-refractivity contribution >= 4 is 0 Å². The van der Waals surface area contributed by atoms with E-state index in [1.165, 1.54) is 39.2 Å². The molecule has 0 rings (SSSR count). The first-order valence-corrected chi connectivity index (χ1v) is 6.17. The Kier molecular flexibility index (Phi) is 9.92. The van der Waals surface area contributed by atoms with Gasteiger partial charge in [-0.25, -0.2) is 4.89 Å². The topological polar surface area (TPSA) is 36.9 Å². The summed E-state index contributed by atoms with van der Waals surface area (Å²) in [4.78, 5) is 9.31. The average Bonchev–Trinajstić information content (AvgIpc) is 2.23. The van der Waals surface area contributed by atoms with E-state index >= 15 is 0 Å². The average molecular weight is 234 g/mol. The molecule has 16 heavy (non-hydrogen) atoms. The smallest absolute Gasteiger partial charge is 0.101 e. The van der Waals surface area contributed by atoms with Crippen LogP contribution in [-0.4, -0.2) is 12.7 Å². The van der Waals surface area contributed by atoms with Gasteiger partial charge in [0, 0.05) is 0 Å². The minimum atomic E-state index is -0.330. The molecule has 0 aromatic heterocycles. The van der Waals surface area contributed by atoms with Crippen LogP contribution in [0.25, 0.3) is 0 Å². The maximum atomic E-state index is 5.05. The molecule has 4 nitrogen and oxygen atoms in total. The van der Waals surface area contributed by atoms with Crippen molar-refractivity contribution in [1.82, 2.24) is 0 Å². The van der Waals surface area contributed by atoms with Crippen molar-refractivity contribution in [2.45, 2.75) is 71.3 Å². The lowest BCUT2D eigenvalue weighted by Gasteiger charge is -2.21. The molecule has 0 aliphatic carbocycles. The Morgan fingerprint density at radius 2 is 1.50 bits per heavy atom. The molecule has 0 fully saturated rings. The molecule has 0 saturated heterocycles. The summed E-state index contributed by atoms with van der Waals surface area (Å²) in [6.45, 7) is 6.17. The van der Waals surface area contributed by atoms with Gasteiger partial charge in [-0.3, -0.25) is 0 Å². The van der Waals surface area contributed by atoms with Gasteiger partial charge in [0.05, 0.1) is 7.11 Å². The second kappa shape index (κ2) is 10.0. The van der Waals surface area contributed by atoms with E-state index in [0.29, 0.717) is 0 Å². The van der Waals surface area contributed by atoms with E-state index in [9.17, 15) is 0 Å². The predicted octanol–water partition coefficient (Wildman–Crippen LogP) is 3.96. The highest BCUT2D eigenvalue weighted by molar-refractivity contribution is 4.66. The van der Waals surface area contributed by atoms with Crippen molar-refractivity contribution in [3.63, 3.8) is 0 Å². The molecule has 0 aliphatic heterocycles. The van der Waals surface area contributed by atoms with Gasteiger partial charge in [0.2, 0.25) is 0 Å². The van der Waals surface area contributed by atoms with E-state index in [1.54, 1.807) is 0 Å². The Bertz CT molecular complexity index is 148. The fraction of sp³-hybridized carbons (Fsp3) is 1.00. The summed E-state index contributed by atoms with van der Waals surface area (Å²) in [6, 6.07) is 0. The molecule has 0 unspecified atom stereocenters. The number of rotatable bonds is 11. The Labute approximate surface area is 99.0 Å². The molecule has 0 N–H and O–H groups in total. The van der Waals surface area contributed by atoms with E-state index in [4.69, 9.17) is 4.89 Å². The molecule has 0 bridgehead atoms. The lowest BCUT2D eigenvalue weighted by molar-refractivity contribution is -0.644. The van der Waals surface area contributed by atoms with Gasteiger partial charge in [0.15, 0.2) is 0 Å². The van der Waals surface area contributed by atoms with Crippen molar-refractivity contribution in [1.29, 1.82) is 0 Å². The molecule has 98 valence electrons. The van der Waals surface area contributed by atoms with Gasteiger partial charge < -0.3 is 0 Å². The van der Waals surface area contributed by atoms with Crippen molar-refractivity contribution in [3.05, 3.63) is 0 Å². The second-order valence-corrected chi connectivity index (χ2v) is 4.66. The van der Waals surface area contributed by atoms with Gasteiger partial charge in [0.1, 0.15) is 5.60 Å². The third-order valence-corrected chi connectivity index (χ3v) is 2.49. The molecule has 0 aromatic rings. The van der Waals surface area contributed by atoms with Crippen molar-refractivity contribution in [2.75, 3.05) is 7.11 Å². The normalized spacial score (nSPS) is 12.0. The molecular formula is C12H26O4. The van der Waals surface area contributed by atoms with E-state index in [-0.39, 0.29) is 5.60 Å². The van der Waals surface area contributed by atoms with Crippen LogP contribution in [0.15, 0.2) is 0 Å². The van der Waals surface area contributed by atoms with E-state index < -0.39 is 0 Å². The molecule has 0 heterocycles. The van der Waals surface area contributed by atoms with Crippen LogP contribution in [-0.2, 0) is 19.9 Å². The van der Waals surface area contributed by atoms with E-state index in [2.05, 4.69) is 21.9 Å². The maximum absolute atomic E-state index is 5.05. The quantitative estimate of drug-likeness (QED) is 0.308. The number of hydrogen-bond acceptors (Lipinski definition) is 4. The maximum Gasteiger partial charge on any atom is 0.101 e. The van der Waals surface area contributed by atoms with Gasteiger partial charge in [0.25, 0.3) is 0 Å². The molecule has 0 aromatic carbocycles. The first kappa shape index (κ1) is 15.8. The molecule has 0 aliphatic rings. The Morgan fingerprint density at radius 3 is 2.12 bits per heavy atom. The fourth-order valence-electron chi connectivity index (χ4n) is 1.51. The summed E-state index contributed by atoms with van der Waals surface area (Å²) in [5.74, 6) is 0. The van der Waals surface area contributed by atoms with E-state index in [0.717, 1.165) is 12.8 Å². The monoisotopic (exact) mass is 234 g/mol. The van der Waals surface area contributed by atoms with E-state index in [1.807, 2.05) is 13.8 Å². The van der Waals surface area contributed by atoms with Crippen LogP contribution in [0.3, 0.4) is 0 Å². The Morgan fingerprint density at radius 1 is 0.875 bits per heavy atom. The minimum absolute atomic E-state index is 0.330. The van der Waals surface area contributed by atoms with Crippen molar-refractivity contribution in [3.8, 4) is 0 Å². The van der Waals surface area contributed by atoms with Gasteiger partial charge in [-0.2, -0.15) is 4.89 Å². The highest BCUT2D eigenvalue weighted by Gasteiger charge is 2.20. The minimum Gasteiger partial charge on any atom is -0.207 e. The van der Waals surface area contributed by atoms with Crippen molar-refractivity contribution < 1.29 is 19.9 Å². The fourth-order valence-corrected chi connectivity index (χ4v) is 1.51. The van der Waals surface area contributed by atoms with Gasteiger partial charge in [-0.15, -0.1) is 0 Å². The lowest BCUT2D eigenvalue weighted by Crippen LogP contribution is -2.24. The zero-order valence-electron chi connectivity index (χ0n) is 11.1. The van der Waals surface area contributed by atoms with Crippen LogP contribution in [0.4, 0.5) is 0 Å². The zero-order valence-corrected chi connectivity index (χ0v) is 11.1. The summed E-state index contributed by atoms with van der Waals surface area (Å²) >= 11 is 0. The largest absolute Gasteiger partial charge is 0.207 e. The lowest BCUT2D eigenvalue weighted by atomic mass is 10.00. The van der Waals surface area contributed by atoms with Crippen LogP contribution in [0.1, 0.15) is 65.7 Å². The summed E-state index contributed by atoms with van der Waals surface area (Å²) in [5, 5.41) is 8.63. The Balaban J connectivity index is 3.35. The molecule has 0 atom stereocenters. The molecule has 0 spiro atoms. The van der Waals surface area contributed by atoms with Crippen LogP contribution >= 0.6 is 0 Å². The van der Waals surface area contributed by atoms with Crippen molar-refractivity contribution in [2.24, 2.45) is 0 Å². The molecule has 0 radical (unpaired) electrons. The summed E-state index contributed by atoms with van der Waals surface area (Å²) in [5.41, 5.74) is -0.330. The third kappa shape index (κ3) is 10.4. The predicted molar refractivity (Wildman–Crippen MR) is 62.3 cm³/mol. The summed E-state index contributed by atoms with van der Waals surface area (Å²) in [7, 11) is 1.37. The molecule has 4 heteroatoms. The first-order valence-electron chi connectivity index (χ1n) is 6.17. The highest BCUT2D eigenvalue weighted by Crippen LogP contribution is 2.19. The highest BCUT2D eigenvalue weighted by atomic mass is 17.7. The third-order valence-electron chi connectivity index (χ3n) is 2.49. The molecule has 0 amide bonds. The number of unbranched alkanes of at least 4 members (excludes halogenated alkanes) is 5. The SMILES string of the molecule is CCCCCCCCC(C)(C)OOOOC. The van der Waals surface area contributed by atoms with Crippen LogP contribution < -0.4 is 0 Å². The molecular weight excluding hydrogens is 208 g/mol. The zero-order chi connectivity index (χ0) is 12.3. The van der Waals surface area contributed by atoms with Gasteiger partial charge in [-0.05, 0) is 30.3 Å². The summed E-state index contributed by atoms with van der Waals surface area (Å²) < 4.78 is 0. The first-order chi connectivity index (χ1) is 7.62.